The van der Waals surface area contributed by atoms with E-state index in [1.165, 1.54) is 23.5 Å². The van der Waals surface area contributed by atoms with E-state index in [2.05, 4.69) is 0 Å². The standard InChI is InChI=1S/C33H36O4S4/c1-7-36-32(38)40-18-24-14-20(3)27(21(4)15-24)30(34)29(26-12-10-9-11-13-26)31(35)28-22(5)16-25(17-23(28)6)19-41-33(39)37-8-2/h9-17,29H,7-8,18-19H2,1-6H3. The molecule has 0 aliphatic rings. The summed E-state index contributed by atoms with van der Waals surface area (Å²) in [7, 11) is 0. The zero-order valence-corrected chi connectivity index (χ0v) is 27.6. The first-order valence-electron chi connectivity index (χ1n) is 13.5. The lowest BCUT2D eigenvalue weighted by atomic mass is 9.80. The Hall–Kier alpha value is -2.52. The molecule has 0 saturated heterocycles. The zero-order valence-electron chi connectivity index (χ0n) is 24.4. The Morgan fingerprint density at radius 2 is 1.05 bits per heavy atom. The summed E-state index contributed by atoms with van der Waals surface area (Å²) in [5, 5.41) is 0. The van der Waals surface area contributed by atoms with Gasteiger partial charge in [0, 0.05) is 22.6 Å². The van der Waals surface area contributed by atoms with E-state index in [4.69, 9.17) is 33.9 Å². The van der Waals surface area contributed by atoms with Crippen LogP contribution in [0.1, 0.15) is 79.4 Å². The van der Waals surface area contributed by atoms with Gasteiger partial charge in [-0.1, -0.05) is 78.1 Å². The van der Waals surface area contributed by atoms with Gasteiger partial charge in [-0.05, 0) is 105 Å². The third-order valence-corrected chi connectivity index (χ3v) is 9.18. The molecule has 0 atom stereocenters. The van der Waals surface area contributed by atoms with Crippen LogP contribution in [0.5, 0.6) is 0 Å². The fraction of sp³-hybridized carbons (Fsp3) is 0.333. The number of aryl methyl sites for hydroxylation is 4. The van der Waals surface area contributed by atoms with Crippen molar-refractivity contribution in [2.75, 3.05) is 13.2 Å². The molecule has 41 heavy (non-hydrogen) atoms. The Balaban J connectivity index is 1.97. The van der Waals surface area contributed by atoms with Gasteiger partial charge in [0.1, 0.15) is 5.92 Å². The van der Waals surface area contributed by atoms with Crippen LogP contribution in [0.4, 0.5) is 0 Å². The van der Waals surface area contributed by atoms with Gasteiger partial charge in [0.25, 0.3) is 0 Å². The number of Topliss-reactive ketones (excluding diaryl/α,β-unsaturated/α-hetero) is 2. The Kier molecular flexibility index (Phi) is 12.6. The second-order valence-corrected chi connectivity index (χ2v) is 12.9. The van der Waals surface area contributed by atoms with Crippen LogP contribution >= 0.6 is 48.0 Å². The molecule has 0 unspecified atom stereocenters. The number of hydrogen-bond acceptors (Lipinski definition) is 8. The minimum atomic E-state index is -0.956. The molecule has 0 bridgehead atoms. The lowest BCUT2D eigenvalue weighted by molar-refractivity contribution is 0.0859. The molecule has 3 aromatic rings. The van der Waals surface area contributed by atoms with E-state index in [0.29, 0.717) is 50.2 Å². The Labute approximate surface area is 263 Å². The van der Waals surface area contributed by atoms with E-state index in [1.54, 1.807) is 0 Å². The maximum Gasteiger partial charge on any atom is 0.220 e. The fourth-order valence-electron chi connectivity index (χ4n) is 5.01. The topological polar surface area (TPSA) is 52.6 Å². The third-order valence-electron chi connectivity index (χ3n) is 6.57. The number of carbonyl (C=O) groups excluding carboxylic acids is 2. The number of thiocarbonyl (C=S) groups is 2. The number of hydrogen-bond donors (Lipinski definition) is 0. The molecule has 0 saturated carbocycles. The molecule has 0 fully saturated rings. The van der Waals surface area contributed by atoms with Gasteiger partial charge in [0.15, 0.2) is 11.6 Å². The van der Waals surface area contributed by atoms with Crippen LogP contribution in [-0.2, 0) is 21.0 Å². The van der Waals surface area contributed by atoms with Gasteiger partial charge < -0.3 is 9.47 Å². The van der Waals surface area contributed by atoms with Crippen molar-refractivity contribution in [2.45, 2.75) is 59.0 Å². The highest BCUT2D eigenvalue weighted by atomic mass is 32.2. The normalized spacial score (nSPS) is 10.9. The monoisotopic (exact) mass is 624 g/mol. The highest BCUT2D eigenvalue weighted by Gasteiger charge is 2.33. The molecule has 0 amide bonds. The summed E-state index contributed by atoms with van der Waals surface area (Å²) < 4.78 is 11.8. The van der Waals surface area contributed by atoms with Crippen molar-refractivity contribution in [3.63, 3.8) is 0 Å². The summed E-state index contributed by atoms with van der Waals surface area (Å²) in [6.07, 6.45) is 0. The van der Waals surface area contributed by atoms with E-state index >= 15 is 0 Å². The van der Waals surface area contributed by atoms with E-state index in [9.17, 15) is 9.59 Å². The van der Waals surface area contributed by atoms with Crippen molar-refractivity contribution >= 4 is 68.3 Å². The van der Waals surface area contributed by atoms with Crippen molar-refractivity contribution in [3.8, 4) is 0 Å². The molecule has 0 spiro atoms. The molecule has 0 heterocycles. The van der Waals surface area contributed by atoms with Crippen LogP contribution in [0.2, 0.25) is 0 Å². The summed E-state index contributed by atoms with van der Waals surface area (Å²) in [5.41, 5.74) is 7.32. The van der Waals surface area contributed by atoms with Crippen molar-refractivity contribution in [3.05, 3.63) is 105 Å². The maximum atomic E-state index is 14.3. The summed E-state index contributed by atoms with van der Waals surface area (Å²) >= 11 is 13.4. The van der Waals surface area contributed by atoms with E-state index in [-0.39, 0.29) is 11.6 Å². The number of thioether (sulfide) groups is 2. The molecule has 3 aromatic carbocycles. The van der Waals surface area contributed by atoms with Gasteiger partial charge in [-0.15, -0.1) is 0 Å². The number of benzene rings is 3. The molecular weight excluding hydrogens is 589 g/mol. The second-order valence-electron chi connectivity index (χ2n) is 9.72. The van der Waals surface area contributed by atoms with Crippen LogP contribution in [-0.4, -0.2) is 33.5 Å². The van der Waals surface area contributed by atoms with Crippen LogP contribution in [0.3, 0.4) is 0 Å². The molecule has 0 aromatic heterocycles. The van der Waals surface area contributed by atoms with Crippen molar-refractivity contribution in [2.24, 2.45) is 0 Å². The van der Waals surface area contributed by atoms with Crippen molar-refractivity contribution in [1.82, 2.24) is 0 Å². The van der Waals surface area contributed by atoms with E-state index < -0.39 is 5.92 Å². The SMILES string of the molecule is CCOC(=S)SCc1cc(C)c(C(=O)C(C(=O)c2c(C)cc(CSC(=S)OCC)cc2C)c2ccccc2)c(C)c1. The van der Waals surface area contributed by atoms with Crippen LogP contribution in [0.25, 0.3) is 0 Å². The number of rotatable bonds is 11. The van der Waals surface area contributed by atoms with Gasteiger partial charge in [-0.2, -0.15) is 0 Å². The molecule has 0 aliphatic carbocycles. The molecule has 0 radical (unpaired) electrons. The Morgan fingerprint density at radius 1 is 0.683 bits per heavy atom. The molecule has 3 rings (SSSR count). The van der Waals surface area contributed by atoms with Gasteiger partial charge in [0.05, 0.1) is 13.2 Å². The van der Waals surface area contributed by atoms with Crippen LogP contribution in [0, 0.1) is 27.7 Å². The summed E-state index contributed by atoms with van der Waals surface area (Å²) in [6.45, 7) is 12.6. The van der Waals surface area contributed by atoms with Gasteiger partial charge >= 0.3 is 0 Å². The van der Waals surface area contributed by atoms with E-state index in [0.717, 1.165) is 33.4 Å². The molecule has 8 heteroatoms. The Morgan fingerprint density at radius 3 is 1.39 bits per heavy atom. The number of carbonyl (C=O) groups is 2. The maximum absolute atomic E-state index is 14.3. The molecule has 4 nitrogen and oxygen atoms in total. The first kappa shape index (κ1) is 33.0. The molecule has 216 valence electrons. The third kappa shape index (κ3) is 8.74. The van der Waals surface area contributed by atoms with Crippen molar-refractivity contribution < 1.29 is 19.1 Å². The molecule has 0 N–H and O–H groups in total. The lowest BCUT2D eigenvalue weighted by Gasteiger charge is -2.21. The fourth-order valence-corrected chi connectivity index (χ4v) is 6.90. The van der Waals surface area contributed by atoms with E-state index in [1.807, 2.05) is 96.1 Å². The smallest absolute Gasteiger partial charge is 0.220 e. The minimum Gasteiger partial charge on any atom is -0.479 e. The Bertz CT molecular complexity index is 1300. The average Bonchev–Trinajstić information content (AvgIpc) is 2.91. The van der Waals surface area contributed by atoms with Crippen LogP contribution in [0.15, 0.2) is 54.6 Å². The quantitative estimate of drug-likeness (QED) is 0.119. The molecule has 0 aliphatic heterocycles. The first-order valence-corrected chi connectivity index (χ1v) is 16.3. The highest BCUT2D eigenvalue weighted by molar-refractivity contribution is 8.22. The van der Waals surface area contributed by atoms with Gasteiger partial charge in [-0.25, -0.2) is 0 Å². The predicted molar refractivity (Wildman–Crippen MR) is 181 cm³/mol. The summed E-state index contributed by atoms with van der Waals surface area (Å²) in [6, 6.07) is 17.4. The predicted octanol–water partition coefficient (Wildman–Crippen LogP) is 8.88. The lowest BCUT2D eigenvalue weighted by Crippen LogP contribution is -2.25. The number of ether oxygens (including phenoxy) is 2. The second kappa shape index (κ2) is 15.6. The minimum absolute atomic E-state index is 0.194. The van der Waals surface area contributed by atoms with Gasteiger partial charge in [-0.3, -0.25) is 9.59 Å². The first-order chi connectivity index (χ1) is 19.6. The largest absolute Gasteiger partial charge is 0.479 e. The summed E-state index contributed by atoms with van der Waals surface area (Å²) in [5.74, 6) is -0.0492. The zero-order chi connectivity index (χ0) is 30.1. The average molecular weight is 625 g/mol. The number of ketones is 2. The van der Waals surface area contributed by atoms with Crippen LogP contribution < -0.4 is 0 Å². The highest BCUT2D eigenvalue weighted by Crippen LogP contribution is 2.32. The van der Waals surface area contributed by atoms with Gasteiger partial charge in [0.2, 0.25) is 8.77 Å². The molecular formula is C33H36O4S4. The van der Waals surface area contributed by atoms with Crippen molar-refractivity contribution in [1.29, 1.82) is 0 Å². The summed E-state index contributed by atoms with van der Waals surface area (Å²) in [4.78, 5) is 28.6.